The Morgan fingerprint density at radius 3 is 2.63 bits per heavy atom. The molecule has 2 aromatic rings. The summed E-state index contributed by atoms with van der Waals surface area (Å²) in [5.74, 6) is -1.15. The van der Waals surface area contributed by atoms with Crippen LogP contribution in [-0.2, 0) is 17.3 Å². The molecule has 0 saturated carbocycles. The molecule has 0 atom stereocenters. The highest BCUT2D eigenvalue weighted by Gasteiger charge is 2.30. The average molecular weight is 263 g/mol. The lowest BCUT2D eigenvalue weighted by molar-refractivity contribution is -0.138. The number of fused-ring (bicyclic) bond motifs is 1. The van der Waals surface area contributed by atoms with E-state index in [1.165, 1.54) is 12.1 Å². The zero-order valence-corrected chi connectivity index (χ0v) is 11.6. The quantitative estimate of drug-likeness (QED) is 0.922. The third-order valence-corrected chi connectivity index (χ3v) is 3.72. The second-order valence-electron chi connectivity index (χ2n) is 5.64. The highest BCUT2D eigenvalue weighted by atomic mass is 19.1. The molecule has 0 unspecified atom stereocenters. The van der Waals surface area contributed by atoms with Crippen LogP contribution in [0.2, 0.25) is 0 Å². The predicted octanol–water partition coefficient (Wildman–Crippen LogP) is 3.38. The third kappa shape index (κ3) is 2.23. The van der Waals surface area contributed by atoms with Crippen molar-refractivity contribution in [1.82, 2.24) is 4.57 Å². The van der Waals surface area contributed by atoms with E-state index in [2.05, 4.69) is 0 Å². The minimum Gasteiger partial charge on any atom is -0.481 e. The molecule has 0 radical (unpaired) electrons. The molecule has 0 bridgehead atoms. The maximum absolute atomic E-state index is 13.5. The van der Waals surface area contributed by atoms with Crippen LogP contribution in [0.5, 0.6) is 0 Å². The summed E-state index contributed by atoms with van der Waals surface area (Å²) in [5.41, 5.74) is 2.27. The highest BCUT2D eigenvalue weighted by Crippen LogP contribution is 2.37. The Hall–Kier alpha value is -1.84. The largest absolute Gasteiger partial charge is 0.481 e. The van der Waals surface area contributed by atoms with Crippen molar-refractivity contribution < 1.29 is 14.3 Å². The van der Waals surface area contributed by atoms with Crippen LogP contribution >= 0.6 is 0 Å². The van der Waals surface area contributed by atoms with Gasteiger partial charge in [-0.1, -0.05) is 13.8 Å². The first kappa shape index (κ1) is 13.6. The molecular formula is C15H18FNO2. The number of benzene rings is 1. The second kappa shape index (κ2) is 4.37. The molecule has 0 aliphatic rings. The van der Waals surface area contributed by atoms with Gasteiger partial charge in [0.2, 0.25) is 0 Å². The van der Waals surface area contributed by atoms with Crippen molar-refractivity contribution in [2.24, 2.45) is 7.05 Å². The van der Waals surface area contributed by atoms with Crippen molar-refractivity contribution in [3.05, 3.63) is 35.3 Å². The lowest BCUT2D eigenvalue weighted by Crippen LogP contribution is -2.22. The normalized spacial score (nSPS) is 12.1. The van der Waals surface area contributed by atoms with Crippen molar-refractivity contribution in [1.29, 1.82) is 0 Å². The lowest BCUT2D eigenvalue weighted by atomic mass is 9.80. The van der Waals surface area contributed by atoms with Gasteiger partial charge in [-0.25, -0.2) is 4.39 Å². The van der Waals surface area contributed by atoms with Gasteiger partial charge in [-0.3, -0.25) is 4.79 Å². The number of hydrogen-bond donors (Lipinski definition) is 1. The smallest absolute Gasteiger partial charge is 0.304 e. The van der Waals surface area contributed by atoms with E-state index in [-0.39, 0.29) is 12.2 Å². The van der Waals surface area contributed by atoms with Crippen LogP contribution in [0.15, 0.2) is 18.2 Å². The number of aromatic nitrogens is 1. The highest BCUT2D eigenvalue weighted by molar-refractivity contribution is 5.87. The summed E-state index contributed by atoms with van der Waals surface area (Å²) in [6, 6.07) is 4.65. The first-order chi connectivity index (χ1) is 8.74. The standard InChI is InChI=1S/C15H18FNO2/c1-9-14(15(2,3)8-13(18)19)11-7-10(16)5-6-12(11)17(9)4/h5-7H,8H2,1-4H3,(H,18,19). The average Bonchev–Trinajstić information content (AvgIpc) is 2.49. The van der Waals surface area contributed by atoms with Gasteiger partial charge in [-0.15, -0.1) is 0 Å². The molecule has 2 rings (SSSR count). The van der Waals surface area contributed by atoms with E-state index in [4.69, 9.17) is 5.11 Å². The molecule has 0 saturated heterocycles. The van der Waals surface area contributed by atoms with Crippen LogP contribution in [-0.4, -0.2) is 15.6 Å². The number of carbonyl (C=O) groups is 1. The van der Waals surface area contributed by atoms with E-state index in [1.54, 1.807) is 6.07 Å². The van der Waals surface area contributed by atoms with Crippen molar-refractivity contribution in [3.8, 4) is 0 Å². The lowest BCUT2D eigenvalue weighted by Gasteiger charge is -2.23. The van der Waals surface area contributed by atoms with Gasteiger partial charge in [0.1, 0.15) is 5.82 Å². The molecule has 102 valence electrons. The minimum atomic E-state index is -0.849. The molecule has 1 heterocycles. The van der Waals surface area contributed by atoms with Crippen LogP contribution in [0.3, 0.4) is 0 Å². The Kier molecular flexibility index (Phi) is 3.12. The third-order valence-electron chi connectivity index (χ3n) is 3.72. The fraction of sp³-hybridized carbons (Fsp3) is 0.400. The van der Waals surface area contributed by atoms with Crippen molar-refractivity contribution >= 4 is 16.9 Å². The Morgan fingerprint density at radius 2 is 2.05 bits per heavy atom. The molecule has 19 heavy (non-hydrogen) atoms. The Morgan fingerprint density at radius 1 is 1.42 bits per heavy atom. The van der Waals surface area contributed by atoms with E-state index >= 15 is 0 Å². The number of carboxylic acids is 1. The molecule has 3 nitrogen and oxygen atoms in total. The van der Waals surface area contributed by atoms with Crippen LogP contribution in [0, 0.1) is 12.7 Å². The molecule has 1 aromatic carbocycles. The summed E-state index contributed by atoms with van der Waals surface area (Å²) in [5, 5.41) is 9.85. The summed E-state index contributed by atoms with van der Waals surface area (Å²) < 4.78 is 15.5. The minimum absolute atomic E-state index is 0.0173. The molecule has 0 spiro atoms. The van der Waals surface area contributed by atoms with Crippen molar-refractivity contribution in [2.75, 3.05) is 0 Å². The van der Waals surface area contributed by atoms with Crippen LogP contribution in [0.4, 0.5) is 4.39 Å². The number of hydrogen-bond acceptors (Lipinski definition) is 1. The summed E-state index contributed by atoms with van der Waals surface area (Å²) >= 11 is 0. The van der Waals surface area contributed by atoms with Crippen LogP contribution in [0.1, 0.15) is 31.5 Å². The zero-order valence-electron chi connectivity index (χ0n) is 11.6. The Balaban J connectivity index is 2.75. The van der Waals surface area contributed by atoms with Gasteiger partial charge in [-0.2, -0.15) is 0 Å². The summed E-state index contributed by atoms with van der Waals surface area (Å²) in [7, 11) is 1.91. The number of aliphatic carboxylic acids is 1. The molecule has 0 amide bonds. The van der Waals surface area contributed by atoms with Gasteiger partial charge in [0.15, 0.2) is 0 Å². The molecule has 4 heteroatoms. The van der Waals surface area contributed by atoms with Gasteiger partial charge >= 0.3 is 5.97 Å². The molecular weight excluding hydrogens is 245 g/mol. The number of aryl methyl sites for hydroxylation is 1. The van der Waals surface area contributed by atoms with E-state index in [9.17, 15) is 9.18 Å². The molecule has 0 aliphatic heterocycles. The summed E-state index contributed by atoms with van der Waals surface area (Å²) in [6.07, 6.45) is 0.0173. The van der Waals surface area contributed by atoms with Gasteiger partial charge in [0.25, 0.3) is 0 Å². The second-order valence-corrected chi connectivity index (χ2v) is 5.64. The van der Waals surface area contributed by atoms with E-state index in [1.807, 2.05) is 32.4 Å². The van der Waals surface area contributed by atoms with Gasteiger partial charge in [0.05, 0.1) is 6.42 Å². The first-order valence-electron chi connectivity index (χ1n) is 6.21. The van der Waals surface area contributed by atoms with E-state index in [0.29, 0.717) is 0 Å². The van der Waals surface area contributed by atoms with Crippen molar-refractivity contribution in [3.63, 3.8) is 0 Å². The number of rotatable bonds is 3. The van der Waals surface area contributed by atoms with Gasteiger partial charge < -0.3 is 9.67 Å². The molecule has 1 N–H and O–H groups in total. The topological polar surface area (TPSA) is 42.2 Å². The fourth-order valence-electron chi connectivity index (χ4n) is 2.86. The Bertz CT molecular complexity index is 656. The predicted molar refractivity (Wildman–Crippen MR) is 72.9 cm³/mol. The van der Waals surface area contributed by atoms with Gasteiger partial charge in [-0.05, 0) is 30.7 Å². The number of halogens is 1. The molecule has 0 fully saturated rings. The fourth-order valence-corrected chi connectivity index (χ4v) is 2.86. The Labute approximate surface area is 111 Å². The van der Waals surface area contributed by atoms with Crippen LogP contribution in [0.25, 0.3) is 10.9 Å². The number of carboxylic acid groups (broad SMARTS) is 1. The van der Waals surface area contributed by atoms with Crippen LogP contribution < -0.4 is 0 Å². The number of nitrogens with zero attached hydrogens (tertiary/aromatic N) is 1. The molecule has 0 aliphatic carbocycles. The maximum Gasteiger partial charge on any atom is 0.304 e. The van der Waals surface area contributed by atoms with E-state index in [0.717, 1.165) is 22.2 Å². The monoisotopic (exact) mass is 263 g/mol. The summed E-state index contributed by atoms with van der Waals surface area (Å²) in [6.45, 7) is 5.71. The zero-order chi connectivity index (χ0) is 14.4. The molecule has 1 aromatic heterocycles. The maximum atomic E-state index is 13.5. The van der Waals surface area contributed by atoms with E-state index < -0.39 is 11.4 Å². The summed E-state index contributed by atoms with van der Waals surface area (Å²) in [4.78, 5) is 11.0. The van der Waals surface area contributed by atoms with Crippen molar-refractivity contribution in [2.45, 2.75) is 32.6 Å². The van der Waals surface area contributed by atoms with Gasteiger partial charge in [0, 0.05) is 29.1 Å². The first-order valence-corrected chi connectivity index (χ1v) is 6.21. The SMILES string of the molecule is Cc1c(C(C)(C)CC(=O)O)c2cc(F)ccc2n1C.